The van der Waals surface area contributed by atoms with E-state index in [2.05, 4.69) is 23.2 Å². The molecule has 16 heteroatoms. The Balaban J connectivity index is 1.69. The second kappa shape index (κ2) is 38.8. The van der Waals surface area contributed by atoms with Crippen LogP contribution >= 0.6 is 0 Å². The van der Waals surface area contributed by atoms with Crippen molar-refractivity contribution in [2.75, 3.05) is 145 Å². The van der Waals surface area contributed by atoms with E-state index < -0.39 is 10.4 Å². The molecule has 1 N–H and O–H groups in total. The van der Waals surface area contributed by atoms with Crippen LogP contribution in [0.3, 0.4) is 0 Å². The Labute approximate surface area is 318 Å². The van der Waals surface area contributed by atoms with Crippen LogP contribution in [0.1, 0.15) is 57.4 Å². The molecule has 1 aromatic rings. The zero-order valence-corrected chi connectivity index (χ0v) is 32.9. The maximum atomic E-state index is 10.4. The SMILES string of the molecule is CCCCCCCCCc1ccc(OCCOCCOCCOCCOCCOCCOCCOCCOCCOCCOCCOS(=O)(=O)O)cc1. The zero-order chi connectivity index (χ0) is 38.2. The lowest BCUT2D eigenvalue weighted by molar-refractivity contribution is -0.0270. The number of hydrogen-bond donors (Lipinski definition) is 1. The summed E-state index contributed by atoms with van der Waals surface area (Å²) in [6, 6.07) is 8.42. The van der Waals surface area contributed by atoms with E-state index in [1.54, 1.807) is 0 Å². The van der Waals surface area contributed by atoms with Crippen molar-refractivity contribution in [3.8, 4) is 5.75 Å². The molecule has 1 aromatic carbocycles. The fourth-order valence-electron chi connectivity index (χ4n) is 4.54. The Morgan fingerprint density at radius 1 is 0.415 bits per heavy atom. The van der Waals surface area contributed by atoms with Gasteiger partial charge in [-0.3, -0.25) is 4.55 Å². The Morgan fingerprint density at radius 2 is 0.717 bits per heavy atom. The summed E-state index contributed by atoms with van der Waals surface area (Å²) < 4.78 is 93.3. The van der Waals surface area contributed by atoms with Gasteiger partial charge in [0.15, 0.2) is 0 Å². The van der Waals surface area contributed by atoms with Crippen molar-refractivity contribution >= 4 is 10.4 Å². The molecule has 0 spiro atoms. The van der Waals surface area contributed by atoms with Gasteiger partial charge in [0.25, 0.3) is 0 Å². The van der Waals surface area contributed by atoms with Crippen molar-refractivity contribution in [3.05, 3.63) is 29.8 Å². The Morgan fingerprint density at radius 3 is 1.06 bits per heavy atom. The Hall–Kier alpha value is -1.51. The highest BCUT2D eigenvalue weighted by molar-refractivity contribution is 7.80. The summed E-state index contributed by atoms with van der Waals surface area (Å²) in [6.07, 6.45) is 10.5. The minimum atomic E-state index is -4.43. The zero-order valence-electron chi connectivity index (χ0n) is 32.1. The molecular formula is C37H68O15S. The van der Waals surface area contributed by atoms with Gasteiger partial charge in [0.2, 0.25) is 0 Å². The number of benzene rings is 1. The van der Waals surface area contributed by atoms with Crippen molar-refractivity contribution in [2.24, 2.45) is 0 Å². The van der Waals surface area contributed by atoms with Crippen molar-refractivity contribution in [2.45, 2.75) is 58.3 Å². The van der Waals surface area contributed by atoms with E-state index in [4.69, 9.17) is 56.7 Å². The minimum absolute atomic E-state index is 0.0311. The molecule has 0 fully saturated rings. The van der Waals surface area contributed by atoms with Crippen LogP contribution in [0.15, 0.2) is 24.3 Å². The van der Waals surface area contributed by atoms with Gasteiger partial charge in [0.1, 0.15) is 12.4 Å². The van der Waals surface area contributed by atoms with Gasteiger partial charge in [-0.05, 0) is 30.5 Å². The van der Waals surface area contributed by atoms with E-state index in [0.29, 0.717) is 126 Å². The lowest BCUT2D eigenvalue weighted by atomic mass is 10.0. The highest BCUT2D eigenvalue weighted by atomic mass is 32.3. The van der Waals surface area contributed by atoms with Gasteiger partial charge in [0.05, 0.1) is 139 Å². The van der Waals surface area contributed by atoms with Gasteiger partial charge in [-0.1, -0.05) is 57.6 Å². The summed E-state index contributed by atoms with van der Waals surface area (Å²) in [5.41, 5.74) is 1.37. The van der Waals surface area contributed by atoms with Crippen LogP contribution in [0.25, 0.3) is 0 Å². The number of hydrogen-bond acceptors (Lipinski definition) is 14. The highest BCUT2D eigenvalue weighted by Gasteiger charge is 2.03. The summed E-state index contributed by atoms with van der Waals surface area (Å²) in [5, 5.41) is 0. The van der Waals surface area contributed by atoms with Crippen LogP contribution in [0, 0.1) is 0 Å². The van der Waals surface area contributed by atoms with E-state index >= 15 is 0 Å². The average Bonchev–Trinajstić information content (AvgIpc) is 3.14. The lowest BCUT2D eigenvalue weighted by Gasteiger charge is -2.09. The molecule has 0 bridgehead atoms. The Kier molecular flexibility index (Phi) is 36.2. The maximum Gasteiger partial charge on any atom is 0.397 e. The van der Waals surface area contributed by atoms with Crippen LogP contribution in [0.5, 0.6) is 5.75 Å². The molecule has 312 valence electrons. The van der Waals surface area contributed by atoms with E-state index in [1.807, 2.05) is 12.1 Å². The maximum absolute atomic E-state index is 10.4. The predicted octanol–water partition coefficient (Wildman–Crippen LogP) is 4.34. The molecule has 0 unspecified atom stereocenters. The number of aryl methyl sites for hydroxylation is 1. The summed E-state index contributed by atoms with van der Waals surface area (Å²) in [5.74, 6) is 0.877. The van der Waals surface area contributed by atoms with Gasteiger partial charge in [-0.15, -0.1) is 0 Å². The van der Waals surface area contributed by atoms with Crippen LogP contribution in [-0.2, 0) is 68.4 Å². The summed E-state index contributed by atoms with van der Waals surface area (Å²) >= 11 is 0. The van der Waals surface area contributed by atoms with Crippen LogP contribution in [-0.4, -0.2) is 158 Å². The molecule has 1 rings (SSSR count). The fraction of sp³-hybridized carbons (Fsp3) is 0.838. The highest BCUT2D eigenvalue weighted by Crippen LogP contribution is 2.15. The van der Waals surface area contributed by atoms with Crippen molar-refractivity contribution in [1.29, 1.82) is 0 Å². The largest absolute Gasteiger partial charge is 0.491 e. The van der Waals surface area contributed by atoms with Crippen LogP contribution < -0.4 is 4.74 Å². The molecule has 0 heterocycles. The molecular weight excluding hydrogens is 716 g/mol. The molecule has 0 saturated heterocycles. The molecule has 0 atom stereocenters. The minimum Gasteiger partial charge on any atom is -0.491 e. The Bertz CT molecular complexity index is 985. The first kappa shape index (κ1) is 49.5. The smallest absolute Gasteiger partial charge is 0.397 e. The third kappa shape index (κ3) is 38.6. The van der Waals surface area contributed by atoms with E-state index in [0.717, 1.165) is 12.2 Å². The van der Waals surface area contributed by atoms with Crippen LogP contribution in [0.4, 0.5) is 0 Å². The van der Waals surface area contributed by atoms with Gasteiger partial charge < -0.3 is 52.1 Å². The van der Waals surface area contributed by atoms with Gasteiger partial charge in [-0.2, -0.15) is 8.42 Å². The van der Waals surface area contributed by atoms with Crippen molar-refractivity contribution in [3.63, 3.8) is 0 Å². The standard InChI is InChI=1S/C37H68O15S/c1-2-3-4-5-6-7-8-9-36-10-12-37(13-11-36)51-34-32-49-30-28-47-26-24-45-22-20-43-18-16-41-14-15-42-17-19-44-21-23-46-25-27-48-29-31-50-33-35-52-53(38,39)40/h10-13H,2-9,14-35H2,1H3,(H,38,39,40). The molecule has 0 saturated carbocycles. The van der Waals surface area contributed by atoms with Gasteiger partial charge >= 0.3 is 10.4 Å². The molecule has 53 heavy (non-hydrogen) atoms. The topological polar surface area (TPSA) is 165 Å². The van der Waals surface area contributed by atoms with Crippen LogP contribution in [0.2, 0.25) is 0 Å². The molecule has 0 aliphatic rings. The van der Waals surface area contributed by atoms with Gasteiger partial charge in [0, 0.05) is 0 Å². The molecule has 0 radical (unpaired) electrons. The summed E-state index contributed by atoms with van der Waals surface area (Å²) in [4.78, 5) is 0. The van der Waals surface area contributed by atoms with Crippen molar-refractivity contribution < 1.29 is 69.3 Å². The average molecular weight is 785 g/mol. The number of rotatable bonds is 43. The monoisotopic (exact) mass is 784 g/mol. The predicted molar refractivity (Wildman–Crippen MR) is 199 cm³/mol. The normalized spacial score (nSPS) is 11.8. The first-order valence-corrected chi connectivity index (χ1v) is 20.5. The first-order valence-electron chi connectivity index (χ1n) is 19.1. The third-order valence-corrected chi connectivity index (χ3v) is 7.76. The number of ether oxygens (including phenoxy) is 11. The molecule has 15 nitrogen and oxygen atoms in total. The summed E-state index contributed by atoms with van der Waals surface area (Å²) in [7, 11) is -4.43. The van der Waals surface area contributed by atoms with E-state index in [9.17, 15) is 8.42 Å². The second-order valence-electron chi connectivity index (χ2n) is 11.7. The summed E-state index contributed by atoms with van der Waals surface area (Å²) in [6.45, 7) is 11.3. The molecule has 0 aliphatic carbocycles. The van der Waals surface area contributed by atoms with E-state index in [1.165, 1.54) is 50.5 Å². The van der Waals surface area contributed by atoms with Gasteiger partial charge in [-0.25, -0.2) is 4.18 Å². The van der Waals surface area contributed by atoms with Crippen molar-refractivity contribution in [1.82, 2.24) is 0 Å². The quantitative estimate of drug-likeness (QED) is 0.0734. The fourth-order valence-corrected chi connectivity index (χ4v) is 4.82. The third-order valence-electron chi connectivity index (χ3n) is 7.30. The lowest BCUT2D eigenvalue weighted by Crippen LogP contribution is -2.15. The second-order valence-corrected chi connectivity index (χ2v) is 12.8. The molecule has 0 amide bonds. The molecule has 0 aliphatic heterocycles. The number of unbranched alkanes of at least 4 members (excludes halogenated alkanes) is 6. The molecule has 0 aromatic heterocycles. The first-order chi connectivity index (χ1) is 26.0. The van der Waals surface area contributed by atoms with E-state index in [-0.39, 0.29) is 19.8 Å².